The van der Waals surface area contributed by atoms with Crippen molar-refractivity contribution < 1.29 is 13.0 Å². The third-order valence-corrected chi connectivity index (χ3v) is 3.48. The molecule has 0 bridgehead atoms. The normalized spacial score (nSPS) is 33.6. The van der Waals surface area contributed by atoms with Crippen molar-refractivity contribution in [1.82, 2.24) is 5.32 Å². The summed E-state index contributed by atoms with van der Waals surface area (Å²) in [5, 5.41) is 2.38. The van der Waals surface area contributed by atoms with E-state index in [1.54, 1.807) is 6.92 Å². The van der Waals surface area contributed by atoms with Gasteiger partial charge in [0.25, 0.3) is 10.1 Å². The molecule has 2 N–H and O–H groups in total. The Bertz CT molecular complexity index is 224. The third-order valence-electron chi connectivity index (χ3n) is 2.07. The van der Waals surface area contributed by atoms with E-state index in [9.17, 15) is 8.42 Å². The molecule has 1 aliphatic heterocycles. The van der Waals surface area contributed by atoms with Gasteiger partial charge in [-0.1, -0.05) is 0 Å². The fraction of sp³-hybridized carbons (Fsp3) is 1.00. The maximum absolute atomic E-state index is 10.7. The van der Waals surface area contributed by atoms with Gasteiger partial charge < -0.3 is 5.32 Å². The summed E-state index contributed by atoms with van der Waals surface area (Å²) in [6, 6.07) is -0.126. The van der Waals surface area contributed by atoms with Crippen molar-refractivity contribution in [1.29, 1.82) is 0 Å². The lowest BCUT2D eigenvalue weighted by molar-refractivity contribution is 0.385. The smallest absolute Gasteiger partial charge is 0.269 e. The van der Waals surface area contributed by atoms with E-state index < -0.39 is 15.4 Å². The van der Waals surface area contributed by atoms with Gasteiger partial charge in [0.2, 0.25) is 0 Å². The van der Waals surface area contributed by atoms with Crippen LogP contribution in [0.5, 0.6) is 0 Å². The number of hydrogen-bond donors (Lipinski definition) is 2. The van der Waals surface area contributed by atoms with E-state index in [-0.39, 0.29) is 6.04 Å². The van der Waals surface area contributed by atoms with E-state index in [1.165, 1.54) is 0 Å². The molecule has 1 heterocycles. The molecule has 2 atom stereocenters. The van der Waals surface area contributed by atoms with Crippen LogP contribution in [0.4, 0.5) is 0 Å². The molecule has 0 aromatic heterocycles. The van der Waals surface area contributed by atoms with Gasteiger partial charge in [-0.15, -0.1) is 0 Å². The van der Waals surface area contributed by atoms with Crippen LogP contribution in [-0.2, 0) is 10.1 Å². The molecule has 0 aromatic rings. The Morgan fingerprint density at radius 1 is 1.55 bits per heavy atom. The van der Waals surface area contributed by atoms with Crippen LogP contribution in [0, 0.1) is 0 Å². The molecule has 0 amide bonds. The molecule has 2 unspecified atom stereocenters. The summed E-state index contributed by atoms with van der Waals surface area (Å²) < 4.78 is 30.2. The van der Waals surface area contributed by atoms with E-state index >= 15 is 0 Å². The molecular weight excluding hydrogens is 166 g/mol. The summed E-state index contributed by atoms with van der Waals surface area (Å²) in [5.41, 5.74) is 0. The highest BCUT2D eigenvalue weighted by Gasteiger charge is 2.30. The van der Waals surface area contributed by atoms with Crippen LogP contribution < -0.4 is 5.32 Å². The van der Waals surface area contributed by atoms with Crippen LogP contribution in [0.15, 0.2) is 0 Å². The summed E-state index contributed by atoms with van der Waals surface area (Å²) in [4.78, 5) is 0. The van der Waals surface area contributed by atoms with Crippen molar-refractivity contribution >= 4 is 10.1 Å². The molecule has 5 heteroatoms. The van der Waals surface area contributed by atoms with Crippen LogP contribution >= 0.6 is 0 Å². The number of piperidine rings is 1. The second-order valence-corrected chi connectivity index (χ2v) is 4.57. The molecule has 0 saturated carbocycles. The number of rotatable bonds is 1. The van der Waals surface area contributed by atoms with Crippen LogP contribution in [0.1, 0.15) is 19.8 Å². The highest BCUT2D eigenvalue weighted by molar-refractivity contribution is 7.86. The Labute approximate surface area is 66.7 Å². The first-order chi connectivity index (χ1) is 5.02. The zero-order chi connectivity index (χ0) is 8.48. The van der Waals surface area contributed by atoms with Crippen LogP contribution in [-0.4, -0.2) is 30.8 Å². The summed E-state index contributed by atoms with van der Waals surface area (Å²) >= 11 is 0. The molecule has 0 spiro atoms. The molecule has 1 saturated heterocycles. The molecule has 0 aliphatic carbocycles. The monoisotopic (exact) mass is 179 g/mol. The van der Waals surface area contributed by atoms with E-state index in [2.05, 4.69) is 5.32 Å². The van der Waals surface area contributed by atoms with Crippen molar-refractivity contribution in [2.75, 3.05) is 6.54 Å². The fourth-order valence-corrected chi connectivity index (χ4v) is 2.50. The number of nitrogens with one attached hydrogen (secondary N) is 1. The van der Waals surface area contributed by atoms with Gasteiger partial charge >= 0.3 is 0 Å². The molecule has 1 aliphatic rings. The maximum atomic E-state index is 10.7. The molecule has 1 fully saturated rings. The molecule has 11 heavy (non-hydrogen) atoms. The summed E-state index contributed by atoms with van der Waals surface area (Å²) in [6.45, 7) is 2.62. The van der Waals surface area contributed by atoms with Gasteiger partial charge in [0.1, 0.15) is 5.25 Å². The number of hydrogen-bond acceptors (Lipinski definition) is 3. The van der Waals surface area contributed by atoms with Gasteiger partial charge in [-0.2, -0.15) is 8.42 Å². The van der Waals surface area contributed by atoms with E-state index in [0.29, 0.717) is 6.42 Å². The lowest BCUT2D eigenvalue weighted by atomic mass is 10.1. The zero-order valence-corrected chi connectivity index (χ0v) is 7.26. The quantitative estimate of drug-likeness (QED) is 0.557. The van der Waals surface area contributed by atoms with Crippen LogP contribution in [0.25, 0.3) is 0 Å². The van der Waals surface area contributed by atoms with Crippen LogP contribution in [0.2, 0.25) is 0 Å². The van der Waals surface area contributed by atoms with Crippen molar-refractivity contribution in [3.05, 3.63) is 0 Å². The minimum atomic E-state index is -3.84. The Balaban J connectivity index is 2.70. The van der Waals surface area contributed by atoms with Gasteiger partial charge in [-0.25, -0.2) is 0 Å². The Kier molecular flexibility index (Phi) is 2.51. The highest BCUT2D eigenvalue weighted by atomic mass is 32.2. The largest absolute Gasteiger partial charge is 0.313 e. The maximum Gasteiger partial charge on any atom is 0.269 e. The summed E-state index contributed by atoms with van der Waals surface area (Å²) in [5.74, 6) is 0. The second-order valence-electron chi connectivity index (χ2n) is 2.94. The van der Waals surface area contributed by atoms with Crippen molar-refractivity contribution in [3.8, 4) is 0 Å². The average molecular weight is 179 g/mol. The van der Waals surface area contributed by atoms with E-state index in [4.69, 9.17) is 4.55 Å². The molecule has 0 aromatic carbocycles. The second kappa shape index (κ2) is 3.08. The Morgan fingerprint density at radius 2 is 2.18 bits per heavy atom. The lowest BCUT2D eigenvalue weighted by Gasteiger charge is -2.27. The lowest BCUT2D eigenvalue weighted by Crippen LogP contribution is -2.46. The molecule has 66 valence electrons. The highest BCUT2D eigenvalue weighted by Crippen LogP contribution is 2.15. The molecule has 4 nitrogen and oxygen atoms in total. The average Bonchev–Trinajstić information content (AvgIpc) is 1.86. The van der Waals surface area contributed by atoms with Gasteiger partial charge in [-0.05, 0) is 26.3 Å². The molecule has 1 rings (SSSR count). The van der Waals surface area contributed by atoms with Crippen LogP contribution in [0.3, 0.4) is 0 Å². The molecule has 0 radical (unpaired) electrons. The van der Waals surface area contributed by atoms with Gasteiger partial charge in [-0.3, -0.25) is 4.55 Å². The van der Waals surface area contributed by atoms with E-state index in [0.717, 1.165) is 13.0 Å². The van der Waals surface area contributed by atoms with Gasteiger partial charge in [0.15, 0.2) is 0 Å². The molecular formula is C6H13NO3S. The Hall–Kier alpha value is -0.130. The minimum absolute atomic E-state index is 0.126. The Morgan fingerprint density at radius 3 is 2.55 bits per heavy atom. The third kappa shape index (κ3) is 2.15. The fourth-order valence-electron chi connectivity index (χ4n) is 1.42. The summed E-state index contributed by atoms with van der Waals surface area (Å²) in [7, 11) is -3.84. The topological polar surface area (TPSA) is 66.4 Å². The standard InChI is InChI=1S/C6H13NO3S/c1-5-6(11(8,9)10)3-2-4-7-5/h5-7H,2-4H2,1H3,(H,8,9,10). The van der Waals surface area contributed by atoms with Crippen molar-refractivity contribution in [3.63, 3.8) is 0 Å². The van der Waals surface area contributed by atoms with Crippen molar-refractivity contribution in [2.45, 2.75) is 31.1 Å². The first kappa shape index (κ1) is 8.96. The summed E-state index contributed by atoms with van der Waals surface area (Å²) in [6.07, 6.45) is 1.38. The first-order valence-corrected chi connectivity index (χ1v) is 5.22. The van der Waals surface area contributed by atoms with Gasteiger partial charge in [0, 0.05) is 6.04 Å². The first-order valence-electron chi connectivity index (χ1n) is 3.71. The predicted octanol–water partition coefficient (Wildman–Crippen LogP) is 0.0147. The van der Waals surface area contributed by atoms with Gasteiger partial charge in [0.05, 0.1) is 0 Å². The predicted molar refractivity (Wildman–Crippen MR) is 42.0 cm³/mol. The SMILES string of the molecule is CC1NCCCC1S(=O)(=O)O. The van der Waals surface area contributed by atoms with Crippen molar-refractivity contribution in [2.24, 2.45) is 0 Å². The minimum Gasteiger partial charge on any atom is -0.313 e. The zero-order valence-electron chi connectivity index (χ0n) is 6.45. The van der Waals surface area contributed by atoms with E-state index in [1.807, 2.05) is 0 Å².